The molecule has 0 aromatic carbocycles. The van der Waals surface area contributed by atoms with E-state index in [1.807, 2.05) is 0 Å². The van der Waals surface area contributed by atoms with Crippen molar-refractivity contribution in [1.29, 1.82) is 0 Å². The van der Waals surface area contributed by atoms with E-state index in [9.17, 15) is 4.79 Å². The second kappa shape index (κ2) is 16.4. The van der Waals surface area contributed by atoms with Crippen LogP contribution in [-0.4, -0.2) is 44.3 Å². The van der Waals surface area contributed by atoms with Crippen LogP contribution in [-0.2, 0) is 14.3 Å². The van der Waals surface area contributed by atoms with Crippen molar-refractivity contribution in [3.8, 4) is 0 Å². The van der Waals surface area contributed by atoms with Crippen molar-refractivity contribution in [2.75, 3.05) is 33.0 Å². The van der Waals surface area contributed by atoms with E-state index in [0.29, 0.717) is 38.6 Å². The summed E-state index contributed by atoms with van der Waals surface area (Å²) < 4.78 is 11.3. The van der Waals surface area contributed by atoms with Gasteiger partial charge in [0.2, 0.25) is 0 Å². The average Bonchev–Trinajstić information content (AvgIpc) is 2.65. The second-order valence-electron chi connectivity index (χ2n) is 9.08. The fraction of sp³-hybridized carbons (Fsp3) is 0.958. The Kier molecular flexibility index (Phi) is 16.1. The summed E-state index contributed by atoms with van der Waals surface area (Å²) in [6, 6.07) is 0. The van der Waals surface area contributed by atoms with Crippen LogP contribution >= 0.6 is 0 Å². The van der Waals surface area contributed by atoms with E-state index in [1.165, 1.54) is 25.7 Å². The summed E-state index contributed by atoms with van der Waals surface area (Å²) in [4.78, 5) is 12.8. The molecule has 0 saturated carbocycles. The van der Waals surface area contributed by atoms with E-state index in [0.717, 1.165) is 38.6 Å². The SMILES string of the molecule is CCCCCC(C)(CCCC)C(=O)CCOCCOCCNC(C)(C)CCC. The molecule has 0 saturated heterocycles. The molecule has 4 heteroatoms. The zero-order valence-corrected chi connectivity index (χ0v) is 19.8. The molecule has 0 heterocycles. The highest BCUT2D eigenvalue weighted by Crippen LogP contribution is 2.33. The fourth-order valence-corrected chi connectivity index (χ4v) is 3.70. The molecule has 1 atom stereocenters. The zero-order chi connectivity index (χ0) is 21.3. The normalized spacial score (nSPS) is 14.2. The third kappa shape index (κ3) is 13.7. The minimum Gasteiger partial charge on any atom is -0.379 e. The highest BCUT2D eigenvalue weighted by Gasteiger charge is 2.31. The summed E-state index contributed by atoms with van der Waals surface area (Å²) in [5, 5.41) is 3.52. The second-order valence-corrected chi connectivity index (χ2v) is 9.08. The summed E-state index contributed by atoms with van der Waals surface area (Å²) in [6.45, 7) is 16.5. The molecule has 0 radical (unpaired) electrons. The standard InChI is InChI=1S/C24H49NO3/c1-7-10-12-16-24(6,15-11-8-2)22(26)13-18-27-20-21-28-19-17-25-23(4,5)14-9-3/h25H,7-21H2,1-6H3. The number of carbonyl (C=O) groups is 1. The van der Waals surface area contributed by atoms with Crippen LogP contribution in [0.3, 0.4) is 0 Å². The van der Waals surface area contributed by atoms with Gasteiger partial charge in [-0.3, -0.25) is 4.79 Å². The fourth-order valence-electron chi connectivity index (χ4n) is 3.70. The molecule has 0 aliphatic heterocycles. The first-order valence-electron chi connectivity index (χ1n) is 11.7. The smallest absolute Gasteiger partial charge is 0.141 e. The Morgan fingerprint density at radius 2 is 1.36 bits per heavy atom. The predicted molar refractivity (Wildman–Crippen MR) is 120 cm³/mol. The van der Waals surface area contributed by atoms with Gasteiger partial charge in [0.05, 0.1) is 26.4 Å². The van der Waals surface area contributed by atoms with Crippen molar-refractivity contribution in [1.82, 2.24) is 5.32 Å². The molecule has 0 aromatic rings. The van der Waals surface area contributed by atoms with Crippen LogP contribution in [0.25, 0.3) is 0 Å². The molecule has 0 aliphatic rings. The number of Topliss-reactive ketones (excluding diaryl/α,β-unsaturated/α-hetero) is 1. The number of ether oxygens (including phenoxy) is 2. The maximum Gasteiger partial charge on any atom is 0.141 e. The Morgan fingerprint density at radius 3 is 1.96 bits per heavy atom. The maximum absolute atomic E-state index is 12.8. The van der Waals surface area contributed by atoms with Crippen molar-refractivity contribution >= 4 is 5.78 Å². The lowest BCUT2D eigenvalue weighted by Crippen LogP contribution is -2.41. The Labute approximate surface area is 175 Å². The van der Waals surface area contributed by atoms with Crippen molar-refractivity contribution in [2.45, 2.75) is 111 Å². The Morgan fingerprint density at radius 1 is 0.750 bits per heavy atom. The number of hydrogen-bond acceptors (Lipinski definition) is 4. The molecule has 168 valence electrons. The van der Waals surface area contributed by atoms with E-state index in [1.54, 1.807) is 0 Å². The number of rotatable bonds is 20. The molecule has 0 spiro atoms. The van der Waals surface area contributed by atoms with Crippen LogP contribution in [0.5, 0.6) is 0 Å². The number of unbranched alkanes of at least 4 members (excludes halogenated alkanes) is 3. The molecular weight excluding hydrogens is 350 g/mol. The number of ketones is 1. The maximum atomic E-state index is 12.8. The summed E-state index contributed by atoms with van der Waals surface area (Å²) in [6.07, 6.45) is 10.8. The lowest BCUT2D eigenvalue weighted by molar-refractivity contribution is -0.130. The van der Waals surface area contributed by atoms with Crippen LogP contribution in [0.2, 0.25) is 0 Å². The van der Waals surface area contributed by atoms with Crippen molar-refractivity contribution < 1.29 is 14.3 Å². The van der Waals surface area contributed by atoms with Gasteiger partial charge in [-0.15, -0.1) is 0 Å². The molecule has 0 aliphatic carbocycles. The van der Waals surface area contributed by atoms with Crippen molar-refractivity contribution in [2.24, 2.45) is 5.41 Å². The molecule has 4 nitrogen and oxygen atoms in total. The summed E-state index contributed by atoms with van der Waals surface area (Å²) in [5.74, 6) is 0.375. The van der Waals surface area contributed by atoms with Crippen LogP contribution < -0.4 is 5.32 Å². The highest BCUT2D eigenvalue weighted by atomic mass is 16.5. The van der Waals surface area contributed by atoms with Crippen molar-refractivity contribution in [3.63, 3.8) is 0 Å². The molecule has 28 heavy (non-hydrogen) atoms. The van der Waals surface area contributed by atoms with Gasteiger partial charge in [-0.1, -0.05) is 66.2 Å². The predicted octanol–water partition coefficient (Wildman–Crippen LogP) is 5.92. The van der Waals surface area contributed by atoms with Crippen LogP contribution in [0, 0.1) is 5.41 Å². The Balaban J connectivity index is 3.90. The third-order valence-electron chi connectivity index (χ3n) is 5.66. The van der Waals surface area contributed by atoms with Gasteiger partial charge < -0.3 is 14.8 Å². The van der Waals surface area contributed by atoms with Crippen LogP contribution in [0.4, 0.5) is 0 Å². The number of nitrogens with one attached hydrogen (secondary N) is 1. The summed E-state index contributed by atoms with van der Waals surface area (Å²) >= 11 is 0. The molecular formula is C24H49NO3. The van der Waals surface area contributed by atoms with E-state index in [2.05, 4.69) is 46.9 Å². The number of carbonyl (C=O) groups excluding carboxylic acids is 1. The van der Waals surface area contributed by atoms with Gasteiger partial charge in [-0.2, -0.15) is 0 Å². The summed E-state index contributed by atoms with van der Waals surface area (Å²) in [5.41, 5.74) is 0.0124. The topological polar surface area (TPSA) is 47.6 Å². The molecule has 0 amide bonds. The van der Waals surface area contributed by atoms with Crippen molar-refractivity contribution in [3.05, 3.63) is 0 Å². The van der Waals surface area contributed by atoms with Gasteiger partial charge in [0, 0.05) is 23.9 Å². The lowest BCUT2D eigenvalue weighted by Gasteiger charge is -2.28. The first-order chi connectivity index (χ1) is 13.3. The van der Waals surface area contributed by atoms with Gasteiger partial charge in [-0.05, 0) is 33.1 Å². The first kappa shape index (κ1) is 27.5. The minimum absolute atomic E-state index is 0.165. The van der Waals surface area contributed by atoms with Crippen LogP contribution in [0.1, 0.15) is 106 Å². The zero-order valence-electron chi connectivity index (χ0n) is 19.8. The van der Waals surface area contributed by atoms with Gasteiger partial charge in [0.1, 0.15) is 5.78 Å². The van der Waals surface area contributed by atoms with Gasteiger partial charge >= 0.3 is 0 Å². The largest absolute Gasteiger partial charge is 0.379 e. The lowest BCUT2D eigenvalue weighted by atomic mass is 9.75. The molecule has 0 fully saturated rings. The Bertz CT molecular complexity index is 384. The van der Waals surface area contributed by atoms with Gasteiger partial charge in [0.15, 0.2) is 0 Å². The average molecular weight is 400 g/mol. The quantitative estimate of drug-likeness (QED) is 0.258. The monoisotopic (exact) mass is 399 g/mol. The molecule has 0 rings (SSSR count). The molecule has 1 N–H and O–H groups in total. The Hall–Kier alpha value is -0.450. The molecule has 1 unspecified atom stereocenters. The molecule has 0 bridgehead atoms. The third-order valence-corrected chi connectivity index (χ3v) is 5.66. The molecule has 0 aromatic heterocycles. The van der Waals surface area contributed by atoms with E-state index in [4.69, 9.17) is 9.47 Å². The van der Waals surface area contributed by atoms with E-state index < -0.39 is 0 Å². The van der Waals surface area contributed by atoms with E-state index in [-0.39, 0.29) is 11.0 Å². The van der Waals surface area contributed by atoms with Gasteiger partial charge in [-0.25, -0.2) is 0 Å². The minimum atomic E-state index is -0.165. The number of hydrogen-bond donors (Lipinski definition) is 1. The first-order valence-corrected chi connectivity index (χ1v) is 11.7. The van der Waals surface area contributed by atoms with E-state index >= 15 is 0 Å². The van der Waals surface area contributed by atoms with Crippen LogP contribution in [0.15, 0.2) is 0 Å². The summed E-state index contributed by atoms with van der Waals surface area (Å²) in [7, 11) is 0. The van der Waals surface area contributed by atoms with Gasteiger partial charge in [0.25, 0.3) is 0 Å². The highest BCUT2D eigenvalue weighted by molar-refractivity contribution is 5.84.